The number of nitrogens with one attached hydrogen (secondary N) is 2. The maximum Gasteiger partial charge on any atom is 0.321 e. The molecule has 0 spiro atoms. The van der Waals surface area contributed by atoms with Gasteiger partial charge in [0.15, 0.2) is 5.13 Å². The number of thiazole rings is 1. The second-order valence-corrected chi connectivity index (χ2v) is 7.58. The van der Waals surface area contributed by atoms with E-state index in [2.05, 4.69) is 20.6 Å². The largest absolute Gasteiger partial charge is 0.494 e. The summed E-state index contributed by atoms with van der Waals surface area (Å²) in [5.74, 6) is 1.64. The molecule has 0 bridgehead atoms. The van der Waals surface area contributed by atoms with Crippen molar-refractivity contribution in [3.63, 3.8) is 0 Å². The van der Waals surface area contributed by atoms with Crippen molar-refractivity contribution in [1.82, 2.24) is 15.3 Å². The van der Waals surface area contributed by atoms with Gasteiger partial charge in [-0.3, -0.25) is 10.3 Å². The van der Waals surface area contributed by atoms with Crippen LogP contribution in [0.5, 0.6) is 11.5 Å². The topological polar surface area (TPSA) is 85.4 Å². The van der Waals surface area contributed by atoms with Crippen molar-refractivity contribution in [2.45, 2.75) is 32.9 Å². The van der Waals surface area contributed by atoms with Gasteiger partial charge in [-0.05, 0) is 38.1 Å². The number of ether oxygens (including phenoxy) is 2. The highest BCUT2D eigenvalue weighted by atomic mass is 32.1. The van der Waals surface area contributed by atoms with Crippen LogP contribution in [-0.4, -0.2) is 28.7 Å². The zero-order valence-corrected chi connectivity index (χ0v) is 17.1. The maximum atomic E-state index is 12.3. The van der Waals surface area contributed by atoms with Gasteiger partial charge in [0.05, 0.1) is 12.3 Å². The zero-order chi connectivity index (χ0) is 20.2. The molecule has 29 heavy (non-hydrogen) atoms. The van der Waals surface area contributed by atoms with E-state index in [-0.39, 0.29) is 12.1 Å². The number of aromatic nitrogens is 2. The van der Waals surface area contributed by atoms with Crippen LogP contribution in [0.1, 0.15) is 25.0 Å². The summed E-state index contributed by atoms with van der Waals surface area (Å²) in [4.78, 5) is 20.9. The fourth-order valence-corrected chi connectivity index (χ4v) is 3.92. The molecule has 8 heteroatoms. The molecule has 0 radical (unpaired) electrons. The van der Waals surface area contributed by atoms with E-state index in [0.717, 1.165) is 40.3 Å². The first-order valence-corrected chi connectivity index (χ1v) is 10.4. The summed E-state index contributed by atoms with van der Waals surface area (Å²) in [6.45, 7) is 4.87. The summed E-state index contributed by atoms with van der Waals surface area (Å²) >= 11 is 1.37. The molecule has 1 unspecified atom stereocenters. The van der Waals surface area contributed by atoms with Gasteiger partial charge in [0, 0.05) is 47.4 Å². The Morgan fingerprint density at radius 2 is 2.31 bits per heavy atom. The van der Waals surface area contributed by atoms with Crippen LogP contribution < -0.4 is 20.1 Å². The van der Waals surface area contributed by atoms with Gasteiger partial charge in [-0.1, -0.05) is 0 Å². The number of hydrogen-bond acceptors (Lipinski definition) is 6. The molecule has 2 N–H and O–H groups in total. The SMILES string of the molecule is CCOc1cc2c(cc1CNC(=O)Nc1nc(-c3cccnc3)cs1)OC(C)C2. The standard InChI is InChI=1S/C21H22N4O3S/c1-3-27-18-8-15-7-13(2)28-19(15)9-16(18)11-23-20(26)25-21-24-17(12-29-21)14-5-4-6-22-10-14/h4-6,8-10,12-13H,3,7,11H2,1-2H3,(H2,23,24,25,26). The Morgan fingerprint density at radius 1 is 1.41 bits per heavy atom. The lowest BCUT2D eigenvalue weighted by molar-refractivity contribution is 0.250. The molecule has 0 fully saturated rings. The van der Waals surface area contributed by atoms with Gasteiger partial charge >= 0.3 is 6.03 Å². The Labute approximate surface area is 173 Å². The summed E-state index contributed by atoms with van der Waals surface area (Å²) in [5, 5.41) is 8.06. The number of carbonyl (C=O) groups excluding carboxylic acids is 1. The van der Waals surface area contributed by atoms with Crippen LogP contribution in [0, 0.1) is 0 Å². The van der Waals surface area contributed by atoms with Crippen LogP contribution in [0.3, 0.4) is 0 Å². The first kappa shape index (κ1) is 19.2. The fraction of sp³-hybridized carbons (Fsp3) is 0.286. The van der Waals surface area contributed by atoms with E-state index < -0.39 is 0 Å². The van der Waals surface area contributed by atoms with E-state index in [0.29, 0.717) is 18.3 Å². The van der Waals surface area contributed by atoms with Crippen LogP contribution >= 0.6 is 11.3 Å². The molecular formula is C21H22N4O3S. The van der Waals surface area contributed by atoms with Crippen LogP contribution in [0.15, 0.2) is 42.0 Å². The molecular weight excluding hydrogens is 388 g/mol. The van der Waals surface area contributed by atoms with Crippen LogP contribution in [0.4, 0.5) is 9.93 Å². The van der Waals surface area contributed by atoms with Crippen molar-refractivity contribution in [1.29, 1.82) is 0 Å². The van der Waals surface area contributed by atoms with Gasteiger partial charge in [0.25, 0.3) is 0 Å². The molecule has 0 saturated heterocycles. The molecule has 1 aliphatic heterocycles. The number of hydrogen-bond donors (Lipinski definition) is 2. The number of anilines is 1. The normalized spacial score (nSPS) is 14.8. The predicted octanol–water partition coefficient (Wildman–Crippen LogP) is 4.25. The molecule has 0 aliphatic carbocycles. The lowest BCUT2D eigenvalue weighted by atomic mass is 10.1. The van der Waals surface area contributed by atoms with E-state index in [1.807, 2.05) is 43.5 Å². The lowest BCUT2D eigenvalue weighted by Gasteiger charge is -2.13. The Balaban J connectivity index is 1.40. The monoisotopic (exact) mass is 410 g/mol. The van der Waals surface area contributed by atoms with Crippen molar-refractivity contribution >= 4 is 22.5 Å². The molecule has 1 aliphatic rings. The quantitative estimate of drug-likeness (QED) is 0.635. The van der Waals surface area contributed by atoms with Gasteiger partial charge in [0.2, 0.25) is 0 Å². The molecule has 7 nitrogen and oxygen atoms in total. The molecule has 150 valence electrons. The first-order chi connectivity index (χ1) is 14.1. The molecule has 2 aromatic heterocycles. The number of nitrogens with zero attached hydrogens (tertiary/aromatic N) is 2. The minimum Gasteiger partial charge on any atom is -0.494 e. The third-order valence-corrected chi connectivity index (χ3v) is 5.26. The van der Waals surface area contributed by atoms with E-state index in [4.69, 9.17) is 9.47 Å². The Hall–Kier alpha value is -3.13. The smallest absolute Gasteiger partial charge is 0.321 e. The van der Waals surface area contributed by atoms with Crippen molar-refractivity contribution < 1.29 is 14.3 Å². The predicted molar refractivity (Wildman–Crippen MR) is 113 cm³/mol. The molecule has 3 heterocycles. The average molecular weight is 410 g/mol. The Kier molecular flexibility index (Phi) is 5.62. The molecule has 0 saturated carbocycles. The van der Waals surface area contributed by atoms with Gasteiger partial charge in [-0.15, -0.1) is 11.3 Å². The number of urea groups is 1. The fourth-order valence-electron chi connectivity index (χ4n) is 3.20. The number of rotatable bonds is 6. The summed E-state index contributed by atoms with van der Waals surface area (Å²) in [6, 6.07) is 7.42. The van der Waals surface area contributed by atoms with E-state index in [1.165, 1.54) is 11.3 Å². The summed E-state index contributed by atoms with van der Waals surface area (Å²) in [6.07, 6.45) is 4.48. The van der Waals surface area contributed by atoms with Gasteiger partial charge in [-0.2, -0.15) is 0 Å². The first-order valence-electron chi connectivity index (χ1n) is 9.48. The second kappa shape index (κ2) is 8.48. The minimum absolute atomic E-state index is 0.157. The van der Waals surface area contributed by atoms with Crippen LogP contribution in [-0.2, 0) is 13.0 Å². The van der Waals surface area contributed by atoms with Crippen molar-refractivity contribution in [2.24, 2.45) is 0 Å². The highest BCUT2D eigenvalue weighted by Gasteiger charge is 2.22. The van der Waals surface area contributed by atoms with E-state index in [9.17, 15) is 4.79 Å². The second-order valence-electron chi connectivity index (χ2n) is 6.72. The number of pyridine rings is 1. The van der Waals surface area contributed by atoms with Crippen LogP contribution in [0.25, 0.3) is 11.3 Å². The summed E-state index contributed by atoms with van der Waals surface area (Å²) in [7, 11) is 0. The molecule has 4 rings (SSSR count). The van der Waals surface area contributed by atoms with E-state index in [1.54, 1.807) is 12.4 Å². The number of amides is 2. The third kappa shape index (κ3) is 4.48. The van der Waals surface area contributed by atoms with Crippen molar-refractivity contribution in [3.05, 3.63) is 53.2 Å². The minimum atomic E-state index is -0.325. The lowest BCUT2D eigenvalue weighted by Crippen LogP contribution is -2.28. The number of fused-ring (bicyclic) bond motifs is 1. The number of benzene rings is 1. The van der Waals surface area contributed by atoms with E-state index >= 15 is 0 Å². The number of carbonyl (C=O) groups is 1. The zero-order valence-electron chi connectivity index (χ0n) is 16.3. The average Bonchev–Trinajstić information content (AvgIpc) is 3.32. The highest BCUT2D eigenvalue weighted by Crippen LogP contribution is 2.35. The molecule has 2 amide bonds. The molecule has 3 aromatic rings. The summed E-state index contributed by atoms with van der Waals surface area (Å²) in [5.41, 5.74) is 3.71. The third-order valence-electron chi connectivity index (χ3n) is 4.50. The maximum absolute atomic E-state index is 12.3. The van der Waals surface area contributed by atoms with Crippen molar-refractivity contribution in [3.8, 4) is 22.8 Å². The van der Waals surface area contributed by atoms with Gasteiger partial charge in [0.1, 0.15) is 17.6 Å². The van der Waals surface area contributed by atoms with Crippen LogP contribution in [0.2, 0.25) is 0 Å². The van der Waals surface area contributed by atoms with Gasteiger partial charge in [-0.25, -0.2) is 9.78 Å². The highest BCUT2D eigenvalue weighted by molar-refractivity contribution is 7.14. The summed E-state index contributed by atoms with van der Waals surface area (Å²) < 4.78 is 11.6. The van der Waals surface area contributed by atoms with Gasteiger partial charge < -0.3 is 14.8 Å². The Morgan fingerprint density at radius 3 is 3.10 bits per heavy atom. The van der Waals surface area contributed by atoms with Crippen molar-refractivity contribution in [2.75, 3.05) is 11.9 Å². The Bertz CT molecular complexity index is 1010. The molecule has 1 aromatic carbocycles. The molecule has 1 atom stereocenters.